The highest BCUT2D eigenvalue weighted by Gasteiger charge is 2.17. The van der Waals surface area contributed by atoms with Gasteiger partial charge >= 0.3 is 0 Å². The fraction of sp³-hybridized carbons (Fsp3) is 0.350. The Balaban J connectivity index is 1.35. The van der Waals surface area contributed by atoms with Gasteiger partial charge in [-0.3, -0.25) is 19.8 Å². The van der Waals surface area contributed by atoms with E-state index >= 15 is 0 Å². The van der Waals surface area contributed by atoms with Crippen LogP contribution >= 0.6 is 0 Å². The highest BCUT2D eigenvalue weighted by atomic mass is 19.1. The zero-order valence-corrected chi connectivity index (χ0v) is 15.5. The Labute approximate surface area is 162 Å². The van der Waals surface area contributed by atoms with Crippen molar-refractivity contribution in [1.29, 1.82) is 0 Å². The van der Waals surface area contributed by atoms with E-state index in [9.17, 15) is 19.3 Å². The van der Waals surface area contributed by atoms with Crippen LogP contribution in [0.4, 0.5) is 15.8 Å². The molecule has 2 aromatic rings. The Morgan fingerprint density at radius 3 is 2.29 bits per heavy atom. The number of nitrogens with zero attached hydrogens (tertiary/aromatic N) is 3. The maximum atomic E-state index is 13.0. The standard InChI is InChI=1S/C20H23FN4O3/c21-17-4-8-18(9-5-17)24-14-12-23(13-15-24)11-1-10-22-20(26)16-2-6-19(7-3-16)25(27)28/h2-9H,1,10-15H2,(H,22,26). The molecule has 0 bridgehead atoms. The number of nitrogens with one attached hydrogen (secondary N) is 1. The van der Waals surface area contributed by atoms with Crippen LogP contribution in [0.1, 0.15) is 16.8 Å². The lowest BCUT2D eigenvalue weighted by Gasteiger charge is -2.36. The first kappa shape index (κ1) is 19.8. The molecular weight excluding hydrogens is 363 g/mol. The summed E-state index contributed by atoms with van der Waals surface area (Å²) < 4.78 is 13.0. The number of rotatable bonds is 7. The number of nitro benzene ring substituents is 1. The van der Waals surface area contributed by atoms with E-state index in [0.29, 0.717) is 12.1 Å². The van der Waals surface area contributed by atoms with Crippen molar-refractivity contribution in [3.63, 3.8) is 0 Å². The van der Waals surface area contributed by atoms with Gasteiger partial charge < -0.3 is 10.2 Å². The number of benzene rings is 2. The molecule has 0 atom stereocenters. The van der Waals surface area contributed by atoms with Crippen LogP contribution in [-0.2, 0) is 0 Å². The molecule has 28 heavy (non-hydrogen) atoms. The molecule has 2 aromatic carbocycles. The molecule has 1 saturated heterocycles. The van der Waals surface area contributed by atoms with Crippen LogP contribution in [0.3, 0.4) is 0 Å². The first-order valence-corrected chi connectivity index (χ1v) is 9.28. The third-order valence-electron chi connectivity index (χ3n) is 4.84. The van der Waals surface area contributed by atoms with Crippen LogP contribution in [0.5, 0.6) is 0 Å². The van der Waals surface area contributed by atoms with Gasteiger partial charge in [-0.15, -0.1) is 0 Å². The normalized spacial score (nSPS) is 14.7. The van der Waals surface area contributed by atoms with Gasteiger partial charge in [-0.1, -0.05) is 0 Å². The zero-order valence-electron chi connectivity index (χ0n) is 15.5. The van der Waals surface area contributed by atoms with E-state index in [1.165, 1.54) is 36.4 Å². The molecule has 1 fully saturated rings. The van der Waals surface area contributed by atoms with Crippen LogP contribution in [-0.4, -0.2) is 55.0 Å². The molecule has 8 heteroatoms. The molecule has 0 aliphatic carbocycles. The maximum Gasteiger partial charge on any atom is 0.269 e. The molecule has 0 spiro atoms. The lowest BCUT2D eigenvalue weighted by atomic mass is 10.2. The van der Waals surface area contributed by atoms with Crippen LogP contribution in [0.2, 0.25) is 0 Å². The zero-order chi connectivity index (χ0) is 19.9. The predicted octanol–water partition coefficient (Wildman–Crippen LogP) is 2.68. The molecule has 1 N–H and O–H groups in total. The highest BCUT2D eigenvalue weighted by molar-refractivity contribution is 5.94. The van der Waals surface area contributed by atoms with Crippen LogP contribution < -0.4 is 10.2 Å². The maximum absolute atomic E-state index is 13.0. The van der Waals surface area contributed by atoms with Crippen molar-refractivity contribution < 1.29 is 14.1 Å². The highest BCUT2D eigenvalue weighted by Crippen LogP contribution is 2.17. The lowest BCUT2D eigenvalue weighted by molar-refractivity contribution is -0.384. The molecular formula is C20H23FN4O3. The number of anilines is 1. The molecule has 0 unspecified atom stereocenters. The molecule has 3 rings (SSSR count). The van der Waals surface area contributed by atoms with Crippen molar-refractivity contribution in [2.75, 3.05) is 44.2 Å². The summed E-state index contributed by atoms with van der Waals surface area (Å²) in [6, 6.07) is 12.2. The van der Waals surface area contributed by atoms with Crippen LogP contribution in [0.15, 0.2) is 48.5 Å². The number of carbonyl (C=O) groups is 1. The molecule has 0 saturated carbocycles. The largest absolute Gasteiger partial charge is 0.369 e. The summed E-state index contributed by atoms with van der Waals surface area (Å²) in [5.41, 5.74) is 1.42. The lowest BCUT2D eigenvalue weighted by Crippen LogP contribution is -2.47. The summed E-state index contributed by atoms with van der Waals surface area (Å²) in [6.45, 7) is 5.06. The molecule has 7 nitrogen and oxygen atoms in total. The van der Waals surface area contributed by atoms with E-state index in [-0.39, 0.29) is 17.4 Å². The van der Waals surface area contributed by atoms with Crippen LogP contribution in [0, 0.1) is 15.9 Å². The van der Waals surface area contributed by atoms with E-state index in [1.807, 2.05) is 0 Å². The molecule has 1 aliphatic rings. The second-order valence-corrected chi connectivity index (χ2v) is 6.72. The number of amides is 1. The monoisotopic (exact) mass is 386 g/mol. The topological polar surface area (TPSA) is 78.7 Å². The summed E-state index contributed by atoms with van der Waals surface area (Å²) in [5.74, 6) is -0.450. The van der Waals surface area contributed by atoms with Gasteiger partial charge in [-0.05, 0) is 49.4 Å². The fourth-order valence-corrected chi connectivity index (χ4v) is 3.22. The van der Waals surface area contributed by atoms with Crippen molar-refractivity contribution in [1.82, 2.24) is 10.2 Å². The third kappa shape index (κ3) is 5.26. The summed E-state index contributed by atoms with van der Waals surface area (Å²) in [5, 5.41) is 13.5. The second-order valence-electron chi connectivity index (χ2n) is 6.72. The van der Waals surface area contributed by atoms with Gasteiger partial charge in [0.2, 0.25) is 0 Å². The summed E-state index contributed by atoms with van der Waals surface area (Å²) in [4.78, 5) is 26.8. The second kappa shape index (κ2) is 9.27. The number of nitro groups is 1. The van der Waals surface area contributed by atoms with E-state index < -0.39 is 4.92 Å². The fourth-order valence-electron chi connectivity index (χ4n) is 3.22. The third-order valence-corrected chi connectivity index (χ3v) is 4.84. The van der Waals surface area contributed by atoms with Gasteiger partial charge in [0.25, 0.3) is 11.6 Å². The Morgan fingerprint density at radius 1 is 1.04 bits per heavy atom. The quantitative estimate of drug-likeness (QED) is 0.450. The smallest absolute Gasteiger partial charge is 0.269 e. The van der Waals surface area contributed by atoms with Crippen molar-refractivity contribution in [3.8, 4) is 0 Å². The summed E-state index contributed by atoms with van der Waals surface area (Å²) in [7, 11) is 0. The molecule has 0 aromatic heterocycles. The first-order valence-electron chi connectivity index (χ1n) is 9.28. The number of non-ortho nitro benzene ring substituents is 1. The van der Waals surface area contributed by atoms with E-state index in [0.717, 1.165) is 44.8 Å². The van der Waals surface area contributed by atoms with Crippen molar-refractivity contribution in [2.45, 2.75) is 6.42 Å². The number of piperazine rings is 1. The van der Waals surface area contributed by atoms with Gasteiger partial charge in [-0.25, -0.2) is 4.39 Å². The summed E-state index contributed by atoms with van der Waals surface area (Å²) in [6.07, 6.45) is 0.829. The number of carbonyl (C=O) groups excluding carboxylic acids is 1. The Morgan fingerprint density at radius 2 is 1.68 bits per heavy atom. The van der Waals surface area contributed by atoms with Crippen molar-refractivity contribution in [3.05, 3.63) is 70.0 Å². The van der Waals surface area contributed by atoms with Crippen molar-refractivity contribution >= 4 is 17.3 Å². The van der Waals surface area contributed by atoms with Gasteiger partial charge in [0, 0.05) is 56.1 Å². The van der Waals surface area contributed by atoms with E-state index in [1.54, 1.807) is 12.1 Å². The van der Waals surface area contributed by atoms with E-state index in [2.05, 4.69) is 15.1 Å². The number of hydrogen-bond donors (Lipinski definition) is 1. The van der Waals surface area contributed by atoms with Gasteiger partial charge in [0.1, 0.15) is 5.82 Å². The average molecular weight is 386 g/mol. The molecule has 1 amide bonds. The molecule has 1 heterocycles. The Bertz CT molecular complexity index is 803. The molecule has 1 aliphatic heterocycles. The van der Waals surface area contributed by atoms with Crippen molar-refractivity contribution in [2.24, 2.45) is 0 Å². The molecule has 0 radical (unpaired) electrons. The van der Waals surface area contributed by atoms with E-state index in [4.69, 9.17) is 0 Å². The SMILES string of the molecule is O=C(NCCCN1CCN(c2ccc(F)cc2)CC1)c1ccc([N+](=O)[O-])cc1. The van der Waals surface area contributed by atoms with Gasteiger partial charge in [0.15, 0.2) is 0 Å². The van der Waals surface area contributed by atoms with Crippen LogP contribution in [0.25, 0.3) is 0 Å². The first-order chi connectivity index (χ1) is 13.5. The number of hydrogen-bond acceptors (Lipinski definition) is 5. The van der Waals surface area contributed by atoms with Gasteiger partial charge in [-0.2, -0.15) is 0 Å². The predicted molar refractivity (Wildman–Crippen MR) is 105 cm³/mol. The van der Waals surface area contributed by atoms with Gasteiger partial charge in [0.05, 0.1) is 4.92 Å². The minimum atomic E-state index is -0.489. The average Bonchev–Trinajstić information content (AvgIpc) is 2.72. The number of halogens is 1. The molecule has 148 valence electrons. The summed E-state index contributed by atoms with van der Waals surface area (Å²) >= 11 is 0. The minimum Gasteiger partial charge on any atom is -0.369 e. The Kier molecular flexibility index (Phi) is 6.54. The Hall–Kier alpha value is -3.00. The minimum absolute atomic E-state index is 0.0312.